The number of hydrogen-bond donors (Lipinski definition) is 0. The van der Waals surface area contributed by atoms with Gasteiger partial charge in [0.1, 0.15) is 4.90 Å². The molecule has 2 rings (SSSR count). The third-order valence-corrected chi connectivity index (χ3v) is 4.14. The predicted octanol–water partition coefficient (Wildman–Crippen LogP) is 3.66. The molecule has 19 heavy (non-hydrogen) atoms. The minimum absolute atomic E-state index is 0.0135. The highest BCUT2D eigenvalue weighted by Crippen LogP contribution is 2.25. The summed E-state index contributed by atoms with van der Waals surface area (Å²) in [6.45, 7) is 1.84. The Morgan fingerprint density at radius 1 is 1.11 bits per heavy atom. The van der Waals surface area contributed by atoms with Crippen molar-refractivity contribution in [3.63, 3.8) is 0 Å². The van der Waals surface area contributed by atoms with Crippen LogP contribution in [0.25, 0.3) is 0 Å². The summed E-state index contributed by atoms with van der Waals surface area (Å²) in [7, 11) is -4.02. The molecule has 0 N–H and O–H groups in total. The molecule has 0 aliphatic heterocycles. The molecule has 0 bridgehead atoms. The van der Waals surface area contributed by atoms with E-state index in [9.17, 15) is 12.8 Å². The van der Waals surface area contributed by atoms with Crippen LogP contribution in [0.1, 0.15) is 5.56 Å². The van der Waals surface area contributed by atoms with Crippen molar-refractivity contribution in [2.45, 2.75) is 11.8 Å². The molecule has 0 heterocycles. The van der Waals surface area contributed by atoms with Crippen LogP contribution in [0, 0.1) is 12.7 Å². The molecule has 0 radical (unpaired) electrons. The molecule has 100 valence electrons. The number of aryl methyl sites for hydroxylation is 1. The second kappa shape index (κ2) is 5.30. The van der Waals surface area contributed by atoms with Crippen LogP contribution >= 0.6 is 15.9 Å². The molecule has 0 aliphatic rings. The Hall–Kier alpha value is -1.40. The van der Waals surface area contributed by atoms with Crippen LogP contribution in [0.5, 0.6) is 5.75 Å². The quantitative estimate of drug-likeness (QED) is 0.798. The molecule has 0 atom stereocenters. The summed E-state index contributed by atoms with van der Waals surface area (Å²) in [4.78, 5) is -0.0135. The van der Waals surface area contributed by atoms with Crippen molar-refractivity contribution in [3.05, 3.63) is 58.3 Å². The topological polar surface area (TPSA) is 43.4 Å². The highest BCUT2D eigenvalue weighted by Gasteiger charge is 2.18. The predicted molar refractivity (Wildman–Crippen MR) is 73.1 cm³/mol. The van der Waals surface area contributed by atoms with Crippen LogP contribution in [0.15, 0.2) is 51.8 Å². The summed E-state index contributed by atoms with van der Waals surface area (Å²) in [5.41, 5.74) is 0.925. The molecule has 0 unspecified atom stereocenters. The summed E-state index contributed by atoms with van der Waals surface area (Å²) < 4.78 is 42.7. The molecular weight excluding hydrogens is 335 g/mol. The van der Waals surface area contributed by atoms with Gasteiger partial charge in [0.25, 0.3) is 0 Å². The van der Waals surface area contributed by atoms with Crippen molar-refractivity contribution in [1.29, 1.82) is 0 Å². The van der Waals surface area contributed by atoms with E-state index < -0.39 is 15.9 Å². The summed E-state index contributed by atoms with van der Waals surface area (Å²) in [6.07, 6.45) is 0. The van der Waals surface area contributed by atoms with Gasteiger partial charge in [0.2, 0.25) is 0 Å². The van der Waals surface area contributed by atoms with Gasteiger partial charge in [-0.1, -0.05) is 33.6 Å². The minimum Gasteiger partial charge on any atom is -0.376 e. The van der Waals surface area contributed by atoms with Crippen molar-refractivity contribution in [1.82, 2.24) is 0 Å². The van der Waals surface area contributed by atoms with E-state index in [0.29, 0.717) is 4.47 Å². The monoisotopic (exact) mass is 344 g/mol. The van der Waals surface area contributed by atoms with Crippen LogP contribution in [-0.2, 0) is 10.1 Å². The van der Waals surface area contributed by atoms with E-state index in [1.807, 2.05) is 6.92 Å². The lowest BCUT2D eigenvalue weighted by Gasteiger charge is -2.08. The fourth-order valence-electron chi connectivity index (χ4n) is 1.41. The first kappa shape index (κ1) is 14.0. The average molecular weight is 345 g/mol. The van der Waals surface area contributed by atoms with Crippen LogP contribution < -0.4 is 4.18 Å². The molecule has 0 saturated heterocycles. The Kier molecular flexibility index (Phi) is 3.91. The van der Waals surface area contributed by atoms with E-state index in [-0.39, 0.29) is 10.6 Å². The molecule has 0 amide bonds. The first-order chi connectivity index (χ1) is 8.88. The Morgan fingerprint density at radius 2 is 1.74 bits per heavy atom. The molecule has 0 fully saturated rings. The Labute approximate surface area is 119 Å². The van der Waals surface area contributed by atoms with Crippen LogP contribution in [0.3, 0.4) is 0 Å². The van der Waals surface area contributed by atoms with Crippen molar-refractivity contribution < 1.29 is 17.0 Å². The van der Waals surface area contributed by atoms with Gasteiger partial charge >= 0.3 is 10.1 Å². The molecule has 0 saturated carbocycles. The van der Waals surface area contributed by atoms with E-state index in [1.165, 1.54) is 24.3 Å². The SMILES string of the molecule is Cc1ccc(S(=O)(=O)Oc2ccc(Br)cc2F)cc1. The zero-order chi connectivity index (χ0) is 14.0. The van der Waals surface area contributed by atoms with Gasteiger partial charge in [0, 0.05) is 4.47 Å². The van der Waals surface area contributed by atoms with Crippen LogP contribution in [-0.4, -0.2) is 8.42 Å². The van der Waals surface area contributed by atoms with Gasteiger partial charge in [0.05, 0.1) is 0 Å². The molecule has 3 nitrogen and oxygen atoms in total. The van der Waals surface area contributed by atoms with E-state index in [4.69, 9.17) is 4.18 Å². The summed E-state index contributed by atoms with van der Waals surface area (Å²) in [5.74, 6) is -1.08. The maximum Gasteiger partial charge on any atom is 0.339 e. The number of rotatable bonds is 3. The van der Waals surface area contributed by atoms with Gasteiger partial charge in [0.15, 0.2) is 11.6 Å². The molecule has 2 aromatic carbocycles. The Bertz CT molecular complexity index is 696. The third kappa shape index (κ3) is 3.33. The lowest BCUT2D eigenvalue weighted by atomic mass is 10.2. The summed E-state index contributed by atoms with van der Waals surface area (Å²) in [6, 6.07) is 10.0. The van der Waals surface area contributed by atoms with E-state index in [0.717, 1.165) is 11.6 Å². The standard InChI is InChI=1S/C13H10BrFO3S/c1-9-2-5-11(6-3-9)19(16,17)18-13-7-4-10(14)8-12(13)15/h2-8H,1H3. The zero-order valence-electron chi connectivity index (χ0n) is 9.93. The lowest BCUT2D eigenvalue weighted by molar-refractivity contribution is 0.461. The molecule has 2 aromatic rings. The summed E-state index contributed by atoms with van der Waals surface area (Å²) in [5, 5.41) is 0. The minimum atomic E-state index is -4.02. The second-order valence-corrected chi connectivity index (χ2v) is 6.39. The second-order valence-electron chi connectivity index (χ2n) is 3.93. The van der Waals surface area contributed by atoms with Gasteiger partial charge < -0.3 is 4.18 Å². The van der Waals surface area contributed by atoms with Crippen molar-refractivity contribution in [2.75, 3.05) is 0 Å². The molecule has 0 spiro atoms. The third-order valence-electron chi connectivity index (χ3n) is 2.40. The molecule has 0 aliphatic carbocycles. The maximum absolute atomic E-state index is 13.5. The van der Waals surface area contributed by atoms with Crippen LogP contribution in [0.2, 0.25) is 0 Å². The Balaban J connectivity index is 2.33. The number of benzene rings is 2. The summed E-state index contributed by atoms with van der Waals surface area (Å²) >= 11 is 3.08. The maximum atomic E-state index is 13.5. The Morgan fingerprint density at radius 3 is 2.32 bits per heavy atom. The highest BCUT2D eigenvalue weighted by atomic mass is 79.9. The van der Waals surface area contributed by atoms with Gasteiger partial charge in [-0.15, -0.1) is 0 Å². The lowest BCUT2D eigenvalue weighted by Crippen LogP contribution is -2.10. The first-order valence-corrected chi connectivity index (χ1v) is 7.55. The normalized spacial score (nSPS) is 11.3. The van der Waals surface area contributed by atoms with Crippen molar-refractivity contribution in [3.8, 4) is 5.75 Å². The van der Waals surface area contributed by atoms with E-state index in [2.05, 4.69) is 15.9 Å². The van der Waals surface area contributed by atoms with Gasteiger partial charge in [-0.05, 0) is 37.3 Å². The molecule has 6 heteroatoms. The van der Waals surface area contributed by atoms with E-state index >= 15 is 0 Å². The average Bonchev–Trinajstić information content (AvgIpc) is 2.33. The van der Waals surface area contributed by atoms with Crippen LogP contribution in [0.4, 0.5) is 4.39 Å². The number of hydrogen-bond acceptors (Lipinski definition) is 3. The van der Waals surface area contributed by atoms with Crippen molar-refractivity contribution >= 4 is 26.0 Å². The fraction of sp³-hybridized carbons (Fsp3) is 0.0769. The van der Waals surface area contributed by atoms with Gasteiger partial charge in [-0.2, -0.15) is 8.42 Å². The van der Waals surface area contributed by atoms with Gasteiger partial charge in [-0.25, -0.2) is 4.39 Å². The zero-order valence-corrected chi connectivity index (χ0v) is 12.3. The first-order valence-electron chi connectivity index (χ1n) is 5.35. The van der Waals surface area contributed by atoms with Crippen molar-refractivity contribution in [2.24, 2.45) is 0 Å². The molecular formula is C13H10BrFO3S. The largest absolute Gasteiger partial charge is 0.376 e. The smallest absolute Gasteiger partial charge is 0.339 e. The van der Waals surface area contributed by atoms with E-state index in [1.54, 1.807) is 12.1 Å². The molecule has 0 aromatic heterocycles. The van der Waals surface area contributed by atoms with Gasteiger partial charge in [-0.3, -0.25) is 0 Å². The number of halogens is 2. The fourth-order valence-corrected chi connectivity index (χ4v) is 2.68. The highest BCUT2D eigenvalue weighted by molar-refractivity contribution is 9.10.